The van der Waals surface area contributed by atoms with Crippen LogP contribution in [0, 0.1) is 0 Å². The average molecular weight is 298 g/mol. The molecule has 0 saturated heterocycles. The summed E-state index contributed by atoms with van der Waals surface area (Å²) in [5, 5.41) is 0. The van der Waals surface area contributed by atoms with E-state index in [0.29, 0.717) is 6.61 Å². The van der Waals surface area contributed by atoms with Crippen molar-refractivity contribution in [1.29, 1.82) is 0 Å². The minimum absolute atomic E-state index is 0.0717. The van der Waals surface area contributed by atoms with Gasteiger partial charge >= 0.3 is 0 Å². The van der Waals surface area contributed by atoms with Crippen molar-refractivity contribution < 1.29 is 17.9 Å². The molecule has 20 heavy (non-hydrogen) atoms. The van der Waals surface area contributed by atoms with Gasteiger partial charge in [0.15, 0.2) is 0 Å². The minimum atomic E-state index is -3.61. The van der Waals surface area contributed by atoms with Gasteiger partial charge in [-0.1, -0.05) is 12.2 Å². The summed E-state index contributed by atoms with van der Waals surface area (Å²) >= 11 is 0. The maximum Gasteiger partial charge on any atom is 0.248 e. The monoisotopic (exact) mass is 298 g/mol. The van der Waals surface area contributed by atoms with E-state index in [2.05, 4.69) is 11.3 Å². The van der Waals surface area contributed by atoms with E-state index in [9.17, 15) is 13.2 Å². The Morgan fingerprint density at radius 3 is 2.45 bits per heavy atom. The number of rotatable bonds is 8. The number of benzene rings is 1. The van der Waals surface area contributed by atoms with Crippen LogP contribution in [0.1, 0.15) is 17.3 Å². The molecule has 110 valence electrons. The van der Waals surface area contributed by atoms with Gasteiger partial charge in [0.05, 0.1) is 18.1 Å². The van der Waals surface area contributed by atoms with Crippen LogP contribution in [0.2, 0.25) is 0 Å². The summed E-state index contributed by atoms with van der Waals surface area (Å²) in [7, 11) is -3.61. The number of amides is 1. The van der Waals surface area contributed by atoms with Crippen LogP contribution in [0.3, 0.4) is 0 Å². The lowest BCUT2D eigenvalue weighted by Gasteiger charge is -2.08. The van der Waals surface area contributed by atoms with Crippen LogP contribution in [0.25, 0.3) is 0 Å². The highest BCUT2D eigenvalue weighted by Crippen LogP contribution is 2.09. The molecule has 0 aliphatic heterocycles. The maximum absolute atomic E-state index is 11.9. The third-order valence-corrected chi connectivity index (χ3v) is 3.81. The lowest BCUT2D eigenvalue weighted by molar-refractivity contribution is 0.1000. The smallest absolute Gasteiger partial charge is 0.248 e. The molecule has 0 heterocycles. The molecule has 0 aliphatic carbocycles. The highest BCUT2D eigenvalue weighted by Gasteiger charge is 2.13. The van der Waals surface area contributed by atoms with E-state index in [1.54, 1.807) is 0 Å². The van der Waals surface area contributed by atoms with Crippen LogP contribution < -0.4 is 10.5 Å². The molecule has 0 bridgehead atoms. The lowest BCUT2D eigenvalue weighted by atomic mass is 10.2. The van der Waals surface area contributed by atoms with Crippen LogP contribution in [0.4, 0.5) is 0 Å². The molecule has 0 spiro atoms. The second kappa shape index (κ2) is 7.18. The van der Waals surface area contributed by atoms with Gasteiger partial charge in [-0.25, -0.2) is 13.1 Å². The molecule has 1 amide bonds. The van der Waals surface area contributed by atoms with Crippen molar-refractivity contribution in [1.82, 2.24) is 4.72 Å². The highest BCUT2D eigenvalue weighted by atomic mass is 32.2. The second-order valence-electron chi connectivity index (χ2n) is 4.30. The first kappa shape index (κ1) is 16.4. The van der Waals surface area contributed by atoms with Crippen molar-refractivity contribution in [3.8, 4) is 0 Å². The molecule has 7 heteroatoms. The van der Waals surface area contributed by atoms with E-state index in [1.165, 1.54) is 24.3 Å². The van der Waals surface area contributed by atoms with E-state index >= 15 is 0 Å². The lowest BCUT2D eigenvalue weighted by Crippen LogP contribution is -2.27. The molecule has 0 aromatic heterocycles. The molecule has 6 nitrogen and oxygen atoms in total. The number of carbonyl (C=O) groups excluding carboxylic acids is 1. The minimum Gasteiger partial charge on any atom is -0.376 e. The Kier molecular flexibility index (Phi) is 5.87. The van der Waals surface area contributed by atoms with Gasteiger partial charge in [0.25, 0.3) is 0 Å². The van der Waals surface area contributed by atoms with E-state index in [4.69, 9.17) is 10.5 Å². The normalized spacial score (nSPS) is 11.2. The van der Waals surface area contributed by atoms with Crippen molar-refractivity contribution in [3.63, 3.8) is 0 Å². The first-order valence-electron chi connectivity index (χ1n) is 5.94. The Balaban J connectivity index is 2.56. The number of primary amides is 1. The molecular weight excluding hydrogens is 280 g/mol. The predicted molar refractivity (Wildman–Crippen MR) is 75.8 cm³/mol. The van der Waals surface area contributed by atoms with Crippen molar-refractivity contribution in [2.24, 2.45) is 5.73 Å². The summed E-state index contributed by atoms with van der Waals surface area (Å²) < 4.78 is 31.4. The molecular formula is C13H18N2O4S. The van der Waals surface area contributed by atoms with Crippen LogP contribution in [-0.4, -0.2) is 34.1 Å². The summed E-state index contributed by atoms with van der Waals surface area (Å²) in [6.45, 7) is 6.31. The Bertz CT molecular complexity index is 579. The molecule has 0 fully saturated rings. The summed E-state index contributed by atoms with van der Waals surface area (Å²) in [5.41, 5.74) is 6.21. The van der Waals surface area contributed by atoms with Gasteiger partial charge in [-0.05, 0) is 31.2 Å². The Hall–Kier alpha value is -1.70. The van der Waals surface area contributed by atoms with E-state index in [0.717, 1.165) is 5.57 Å². The topological polar surface area (TPSA) is 98.5 Å². The number of hydrogen-bond acceptors (Lipinski definition) is 4. The molecule has 0 radical (unpaired) electrons. The van der Waals surface area contributed by atoms with Crippen molar-refractivity contribution in [2.45, 2.75) is 11.8 Å². The fraction of sp³-hybridized carbons (Fsp3) is 0.308. The fourth-order valence-corrected chi connectivity index (χ4v) is 2.39. The van der Waals surface area contributed by atoms with Crippen LogP contribution in [-0.2, 0) is 14.8 Å². The molecule has 0 atom stereocenters. The van der Waals surface area contributed by atoms with E-state index in [-0.39, 0.29) is 23.6 Å². The van der Waals surface area contributed by atoms with Crippen molar-refractivity contribution in [2.75, 3.05) is 19.8 Å². The first-order chi connectivity index (χ1) is 9.33. The number of hydrogen-bond donors (Lipinski definition) is 2. The Morgan fingerprint density at radius 1 is 1.35 bits per heavy atom. The summed E-state index contributed by atoms with van der Waals surface area (Å²) in [6, 6.07) is 5.40. The van der Waals surface area contributed by atoms with Crippen LogP contribution in [0.15, 0.2) is 41.3 Å². The van der Waals surface area contributed by atoms with Gasteiger partial charge in [0, 0.05) is 12.1 Å². The van der Waals surface area contributed by atoms with Crippen molar-refractivity contribution in [3.05, 3.63) is 42.0 Å². The zero-order valence-corrected chi connectivity index (χ0v) is 12.1. The first-order valence-corrected chi connectivity index (χ1v) is 7.43. The van der Waals surface area contributed by atoms with Gasteiger partial charge in [-0.2, -0.15) is 0 Å². The Labute approximate surface area is 118 Å². The van der Waals surface area contributed by atoms with Gasteiger partial charge < -0.3 is 10.5 Å². The number of sulfonamides is 1. The molecule has 3 N–H and O–H groups in total. The molecule has 1 aromatic carbocycles. The maximum atomic E-state index is 11.9. The summed E-state index contributed by atoms with van der Waals surface area (Å²) in [4.78, 5) is 11.0. The number of ether oxygens (including phenoxy) is 1. The Morgan fingerprint density at radius 2 is 1.95 bits per heavy atom. The SMILES string of the molecule is C=C(C)COCCNS(=O)(=O)c1ccc(C(N)=O)cc1. The van der Waals surface area contributed by atoms with E-state index in [1.807, 2.05) is 6.92 Å². The standard InChI is InChI=1S/C13H18N2O4S/c1-10(2)9-19-8-7-15-20(17,18)12-5-3-11(4-6-12)13(14)16/h3-6,15H,1,7-9H2,2H3,(H2,14,16). The molecule has 0 saturated carbocycles. The van der Waals surface area contributed by atoms with Crippen molar-refractivity contribution >= 4 is 15.9 Å². The van der Waals surface area contributed by atoms with Gasteiger partial charge in [0.2, 0.25) is 15.9 Å². The average Bonchev–Trinajstić information content (AvgIpc) is 2.38. The molecule has 1 aromatic rings. The summed E-state index contributed by atoms with van der Waals surface area (Å²) in [5.74, 6) is -0.602. The predicted octanol–water partition coefficient (Wildman–Crippen LogP) is 0.657. The molecule has 1 rings (SSSR count). The zero-order valence-electron chi connectivity index (χ0n) is 11.3. The quantitative estimate of drug-likeness (QED) is 0.544. The number of nitrogens with one attached hydrogen (secondary N) is 1. The fourth-order valence-electron chi connectivity index (χ4n) is 1.38. The number of nitrogens with two attached hydrogens (primary N) is 1. The molecule has 0 aliphatic rings. The van der Waals surface area contributed by atoms with Gasteiger partial charge in [0.1, 0.15) is 0 Å². The van der Waals surface area contributed by atoms with Gasteiger partial charge in [-0.3, -0.25) is 4.79 Å². The van der Waals surface area contributed by atoms with Crippen LogP contribution in [0.5, 0.6) is 0 Å². The molecule has 0 unspecified atom stereocenters. The second-order valence-corrected chi connectivity index (χ2v) is 6.06. The number of carbonyl (C=O) groups is 1. The van der Waals surface area contributed by atoms with Crippen LogP contribution >= 0.6 is 0 Å². The third-order valence-electron chi connectivity index (χ3n) is 2.34. The van der Waals surface area contributed by atoms with Gasteiger partial charge in [-0.15, -0.1) is 0 Å². The zero-order chi connectivity index (χ0) is 15.2. The summed E-state index contributed by atoms with van der Waals surface area (Å²) in [6.07, 6.45) is 0. The highest BCUT2D eigenvalue weighted by molar-refractivity contribution is 7.89. The third kappa shape index (κ3) is 5.12. The largest absolute Gasteiger partial charge is 0.376 e. The van der Waals surface area contributed by atoms with E-state index < -0.39 is 15.9 Å².